The topological polar surface area (TPSA) is 41.5 Å². The van der Waals surface area contributed by atoms with Crippen LogP contribution in [-0.4, -0.2) is 30.0 Å². The van der Waals surface area contributed by atoms with Gasteiger partial charge in [0.2, 0.25) is 0 Å². The van der Waals surface area contributed by atoms with Crippen LogP contribution in [0, 0.1) is 0 Å². The number of anilines is 1. The molecule has 1 aromatic rings. The van der Waals surface area contributed by atoms with Crippen LogP contribution in [0.25, 0.3) is 0 Å². The SMILES string of the molecule is CCC1CC(CO)(Nc2ccccc2)CCO1. The molecule has 1 aliphatic heterocycles. The summed E-state index contributed by atoms with van der Waals surface area (Å²) in [5, 5.41) is 13.2. The number of aliphatic hydroxyl groups is 1. The summed E-state index contributed by atoms with van der Waals surface area (Å²) in [6.07, 6.45) is 2.98. The number of para-hydroxylation sites is 1. The molecule has 17 heavy (non-hydrogen) atoms. The highest BCUT2D eigenvalue weighted by molar-refractivity contribution is 5.45. The number of hydrogen-bond donors (Lipinski definition) is 2. The molecule has 94 valence electrons. The second-order valence-electron chi connectivity index (χ2n) is 4.78. The van der Waals surface area contributed by atoms with Crippen LogP contribution < -0.4 is 5.32 Å². The lowest BCUT2D eigenvalue weighted by Gasteiger charge is -2.41. The highest BCUT2D eigenvalue weighted by atomic mass is 16.5. The molecule has 1 heterocycles. The molecular weight excluding hydrogens is 214 g/mol. The first kappa shape index (κ1) is 12.4. The van der Waals surface area contributed by atoms with Gasteiger partial charge in [0.25, 0.3) is 0 Å². The highest BCUT2D eigenvalue weighted by Crippen LogP contribution is 2.29. The summed E-state index contributed by atoms with van der Waals surface area (Å²) in [5.74, 6) is 0. The molecule has 0 aliphatic carbocycles. The fraction of sp³-hybridized carbons (Fsp3) is 0.571. The monoisotopic (exact) mass is 235 g/mol. The van der Waals surface area contributed by atoms with Gasteiger partial charge >= 0.3 is 0 Å². The van der Waals surface area contributed by atoms with Crippen molar-refractivity contribution in [1.29, 1.82) is 0 Å². The van der Waals surface area contributed by atoms with E-state index in [9.17, 15) is 5.11 Å². The molecule has 0 aromatic heterocycles. The third-order valence-electron chi connectivity index (χ3n) is 3.49. The summed E-state index contributed by atoms with van der Waals surface area (Å²) in [5.41, 5.74) is 0.846. The first-order chi connectivity index (χ1) is 8.28. The van der Waals surface area contributed by atoms with Crippen molar-refractivity contribution in [2.75, 3.05) is 18.5 Å². The van der Waals surface area contributed by atoms with Crippen molar-refractivity contribution in [3.63, 3.8) is 0 Å². The van der Waals surface area contributed by atoms with Gasteiger partial charge in [0.1, 0.15) is 0 Å². The fourth-order valence-electron chi connectivity index (χ4n) is 2.40. The van der Waals surface area contributed by atoms with Crippen LogP contribution in [0.3, 0.4) is 0 Å². The molecule has 0 saturated carbocycles. The fourth-order valence-corrected chi connectivity index (χ4v) is 2.40. The Labute approximate surface area is 103 Å². The van der Waals surface area contributed by atoms with E-state index in [1.807, 2.05) is 30.3 Å². The lowest BCUT2D eigenvalue weighted by Crippen LogP contribution is -2.49. The van der Waals surface area contributed by atoms with Gasteiger partial charge in [0.15, 0.2) is 0 Å². The van der Waals surface area contributed by atoms with Gasteiger partial charge in [-0.2, -0.15) is 0 Å². The molecule has 0 amide bonds. The van der Waals surface area contributed by atoms with Crippen LogP contribution in [0.1, 0.15) is 26.2 Å². The second kappa shape index (κ2) is 5.52. The Hall–Kier alpha value is -1.06. The molecule has 0 radical (unpaired) electrons. The average Bonchev–Trinajstić information content (AvgIpc) is 2.40. The molecule has 2 N–H and O–H groups in total. The van der Waals surface area contributed by atoms with Gasteiger partial charge in [-0.05, 0) is 31.4 Å². The van der Waals surface area contributed by atoms with Crippen LogP contribution in [0.2, 0.25) is 0 Å². The van der Waals surface area contributed by atoms with Crippen LogP contribution in [0.5, 0.6) is 0 Å². The molecular formula is C14H21NO2. The van der Waals surface area contributed by atoms with Crippen molar-refractivity contribution in [3.05, 3.63) is 30.3 Å². The molecule has 3 heteroatoms. The van der Waals surface area contributed by atoms with Crippen molar-refractivity contribution in [2.45, 2.75) is 37.8 Å². The minimum atomic E-state index is -0.222. The first-order valence-electron chi connectivity index (χ1n) is 6.34. The maximum atomic E-state index is 9.70. The summed E-state index contributed by atoms with van der Waals surface area (Å²) >= 11 is 0. The number of hydrogen-bond acceptors (Lipinski definition) is 3. The molecule has 1 aliphatic rings. The molecule has 1 aromatic carbocycles. The largest absolute Gasteiger partial charge is 0.394 e. The Balaban J connectivity index is 2.08. The van der Waals surface area contributed by atoms with Gasteiger partial charge in [-0.3, -0.25) is 0 Å². The van der Waals surface area contributed by atoms with E-state index in [1.165, 1.54) is 0 Å². The van der Waals surface area contributed by atoms with Crippen molar-refractivity contribution in [3.8, 4) is 0 Å². The van der Waals surface area contributed by atoms with Crippen LogP contribution in [0.4, 0.5) is 5.69 Å². The molecule has 1 saturated heterocycles. The van der Waals surface area contributed by atoms with Gasteiger partial charge in [-0.1, -0.05) is 25.1 Å². The van der Waals surface area contributed by atoms with E-state index in [0.717, 1.165) is 31.6 Å². The molecule has 2 rings (SSSR count). The number of benzene rings is 1. The van der Waals surface area contributed by atoms with E-state index < -0.39 is 0 Å². The molecule has 0 spiro atoms. The third-order valence-corrected chi connectivity index (χ3v) is 3.49. The van der Waals surface area contributed by atoms with E-state index >= 15 is 0 Å². The molecule has 1 fully saturated rings. The maximum absolute atomic E-state index is 9.70. The summed E-state index contributed by atoms with van der Waals surface area (Å²) in [6, 6.07) is 10.1. The highest BCUT2D eigenvalue weighted by Gasteiger charge is 2.35. The maximum Gasteiger partial charge on any atom is 0.0663 e. The van der Waals surface area contributed by atoms with E-state index in [2.05, 4.69) is 12.2 Å². The van der Waals surface area contributed by atoms with E-state index in [-0.39, 0.29) is 18.2 Å². The number of rotatable bonds is 4. The Morgan fingerprint density at radius 1 is 1.41 bits per heavy atom. The standard InChI is InChI=1S/C14H21NO2/c1-2-13-10-14(11-16,8-9-17-13)15-12-6-4-3-5-7-12/h3-7,13,15-16H,2,8-11H2,1H3. The minimum Gasteiger partial charge on any atom is -0.394 e. The quantitative estimate of drug-likeness (QED) is 0.842. The minimum absolute atomic E-state index is 0.155. The Bertz CT molecular complexity index is 341. The lowest BCUT2D eigenvalue weighted by molar-refractivity contribution is -0.0273. The van der Waals surface area contributed by atoms with Crippen LogP contribution in [-0.2, 0) is 4.74 Å². The molecule has 2 unspecified atom stereocenters. The zero-order chi connectivity index (χ0) is 12.1. The Morgan fingerprint density at radius 2 is 2.18 bits per heavy atom. The van der Waals surface area contributed by atoms with E-state index in [1.54, 1.807) is 0 Å². The normalized spacial score (nSPS) is 28.9. The van der Waals surface area contributed by atoms with Gasteiger partial charge in [0.05, 0.1) is 18.2 Å². The van der Waals surface area contributed by atoms with Gasteiger partial charge in [0, 0.05) is 12.3 Å². The first-order valence-corrected chi connectivity index (χ1v) is 6.34. The molecule has 0 bridgehead atoms. The number of nitrogens with one attached hydrogen (secondary N) is 1. The second-order valence-corrected chi connectivity index (χ2v) is 4.78. The van der Waals surface area contributed by atoms with Crippen LogP contribution in [0.15, 0.2) is 30.3 Å². The summed E-state index contributed by atoms with van der Waals surface area (Å²) in [7, 11) is 0. The molecule has 2 atom stereocenters. The lowest BCUT2D eigenvalue weighted by atomic mass is 9.86. The smallest absolute Gasteiger partial charge is 0.0663 e. The van der Waals surface area contributed by atoms with Crippen molar-refractivity contribution >= 4 is 5.69 Å². The predicted molar refractivity (Wildman–Crippen MR) is 69.1 cm³/mol. The zero-order valence-electron chi connectivity index (χ0n) is 10.4. The van der Waals surface area contributed by atoms with Crippen LogP contribution >= 0.6 is 0 Å². The average molecular weight is 235 g/mol. The Kier molecular flexibility index (Phi) is 4.02. The summed E-state index contributed by atoms with van der Waals surface area (Å²) in [6.45, 7) is 3.00. The van der Waals surface area contributed by atoms with Gasteiger partial charge in [-0.25, -0.2) is 0 Å². The predicted octanol–water partition coefficient (Wildman–Crippen LogP) is 2.42. The van der Waals surface area contributed by atoms with Crippen molar-refractivity contribution in [2.24, 2.45) is 0 Å². The van der Waals surface area contributed by atoms with E-state index in [0.29, 0.717) is 0 Å². The molecule has 3 nitrogen and oxygen atoms in total. The number of aliphatic hydroxyl groups excluding tert-OH is 1. The summed E-state index contributed by atoms with van der Waals surface area (Å²) in [4.78, 5) is 0. The number of ether oxygens (including phenoxy) is 1. The van der Waals surface area contributed by atoms with Crippen molar-refractivity contribution < 1.29 is 9.84 Å². The summed E-state index contributed by atoms with van der Waals surface area (Å²) < 4.78 is 5.67. The zero-order valence-corrected chi connectivity index (χ0v) is 10.4. The van der Waals surface area contributed by atoms with Gasteiger partial charge in [-0.15, -0.1) is 0 Å². The third kappa shape index (κ3) is 2.99. The van der Waals surface area contributed by atoms with Crippen molar-refractivity contribution in [1.82, 2.24) is 0 Å². The van der Waals surface area contributed by atoms with E-state index in [4.69, 9.17) is 4.74 Å². The Morgan fingerprint density at radius 3 is 2.82 bits per heavy atom. The van der Waals surface area contributed by atoms with Gasteiger partial charge < -0.3 is 15.2 Å².